The van der Waals surface area contributed by atoms with Crippen LogP contribution in [0.1, 0.15) is 21.7 Å². The van der Waals surface area contributed by atoms with Gasteiger partial charge in [-0.1, -0.05) is 0 Å². The molecule has 0 saturated carbocycles. The second-order valence-electron chi connectivity index (χ2n) is 3.36. The molecule has 1 N–H and O–H groups in total. The summed E-state index contributed by atoms with van der Waals surface area (Å²) in [6.07, 6.45) is 1.85. The normalized spacial score (nSPS) is 15.1. The first kappa shape index (κ1) is 9.68. The highest BCUT2D eigenvalue weighted by atomic mass is 32.1. The molecule has 1 aliphatic rings. The van der Waals surface area contributed by atoms with Crippen molar-refractivity contribution in [2.75, 3.05) is 6.61 Å². The summed E-state index contributed by atoms with van der Waals surface area (Å²) in [4.78, 5) is 12.9. The van der Waals surface area contributed by atoms with Crippen molar-refractivity contribution >= 4 is 17.3 Å². The van der Waals surface area contributed by atoms with Crippen LogP contribution in [-0.4, -0.2) is 17.7 Å². The summed E-state index contributed by atoms with van der Waals surface area (Å²) in [5, 5.41) is 8.56. The minimum Gasteiger partial charge on any atom is -0.481 e. The Hall–Kier alpha value is -0.870. The fraction of sp³-hybridized carbons (Fsp3) is 0.500. The molecule has 0 unspecified atom stereocenters. The monoisotopic (exact) mass is 212 g/mol. The highest BCUT2D eigenvalue weighted by Crippen LogP contribution is 2.27. The van der Waals surface area contributed by atoms with Crippen LogP contribution in [0.4, 0.5) is 0 Å². The maximum absolute atomic E-state index is 10.4. The molecule has 0 radical (unpaired) electrons. The maximum atomic E-state index is 10.4. The second kappa shape index (κ2) is 4.11. The van der Waals surface area contributed by atoms with Crippen LogP contribution in [0.2, 0.25) is 0 Å². The van der Waals surface area contributed by atoms with E-state index in [1.165, 1.54) is 15.3 Å². The molecule has 2 heterocycles. The van der Waals surface area contributed by atoms with Gasteiger partial charge >= 0.3 is 5.97 Å². The van der Waals surface area contributed by atoms with Gasteiger partial charge in [-0.05, 0) is 18.1 Å². The summed E-state index contributed by atoms with van der Waals surface area (Å²) >= 11 is 1.73. The molecule has 4 heteroatoms. The Bertz CT molecular complexity index is 320. The van der Waals surface area contributed by atoms with E-state index in [1.807, 2.05) is 0 Å². The van der Waals surface area contributed by atoms with Gasteiger partial charge in [0.05, 0.1) is 19.6 Å². The van der Waals surface area contributed by atoms with E-state index in [-0.39, 0.29) is 6.42 Å². The molecule has 0 fully saturated rings. The average Bonchev–Trinajstić information content (AvgIpc) is 2.57. The quantitative estimate of drug-likeness (QED) is 0.831. The molecule has 3 nitrogen and oxygen atoms in total. The fourth-order valence-electron chi connectivity index (χ4n) is 1.56. The molecular formula is C10H12O3S. The molecule has 0 bridgehead atoms. The largest absolute Gasteiger partial charge is 0.481 e. The predicted octanol–water partition coefficient (Wildman–Crippen LogP) is 1.84. The molecule has 2 rings (SSSR count). The molecular weight excluding hydrogens is 200 g/mol. The highest BCUT2D eigenvalue weighted by molar-refractivity contribution is 7.12. The van der Waals surface area contributed by atoms with E-state index in [0.29, 0.717) is 13.0 Å². The van der Waals surface area contributed by atoms with Gasteiger partial charge in [0.2, 0.25) is 0 Å². The van der Waals surface area contributed by atoms with E-state index < -0.39 is 5.97 Å². The van der Waals surface area contributed by atoms with E-state index in [0.717, 1.165) is 13.0 Å². The first-order chi connectivity index (χ1) is 6.75. The molecule has 0 amide bonds. The van der Waals surface area contributed by atoms with Crippen LogP contribution in [0.3, 0.4) is 0 Å². The van der Waals surface area contributed by atoms with Crippen LogP contribution in [0.25, 0.3) is 0 Å². The summed E-state index contributed by atoms with van der Waals surface area (Å²) < 4.78 is 5.33. The molecule has 76 valence electrons. The Morgan fingerprint density at radius 2 is 2.50 bits per heavy atom. The minimum atomic E-state index is -0.729. The van der Waals surface area contributed by atoms with Crippen LogP contribution in [0, 0.1) is 0 Å². The predicted molar refractivity (Wildman–Crippen MR) is 53.6 cm³/mol. The summed E-state index contributed by atoms with van der Waals surface area (Å²) in [5.74, 6) is -0.729. The number of aryl methyl sites for hydroxylation is 1. The molecule has 1 aromatic rings. The van der Waals surface area contributed by atoms with Crippen LogP contribution < -0.4 is 0 Å². The lowest BCUT2D eigenvalue weighted by Crippen LogP contribution is -2.05. The zero-order valence-electron chi connectivity index (χ0n) is 7.78. The van der Waals surface area contributed by atoms with Crippen molar-refractivity contribution in [3.63, 3.8) is 0 Å². The Morgan fingerprint density at radius 3 is 3.21 bits per heavy atom. The van der Waals surface area contributed by atoms with Crippen LogP contribution in [0.5, 0.6) is 0 Å². The summed E-state index contributed by atoms with van der Waals surface area (Å²) in [5.41, 5.74) is 1.25. The second-order valence-corrected chi connectivity index (χ2v) is 4.58. The van der Waals surface area contributed by atoms with Crippen molar-refractivity contribution < 1.29 is 14.6 Å². The smallest absolute Gasteiger partial charge is 0.303 e. The van der Waals surface area contributed by atoms with Gasteiger partial charge in [0.25, 0.3) is 0 Å². The van der Waals surface area contributed by atoms with Gasteiger partial charge in [-0.2, -0.15) is 0 Å². The van der Waals surface area contributed by atoms with Gasteiger partial charge < -0.3 is 9.84 Å². The number of aliphatic carboxylic acids is 1. The van der Waals surface area contributed by atoms with Crippen molar-refractivity contribution in [3.8, 4) is 0 Å². The molecule has 0 spiro atoms. The molecule has 0 aliphatic carbocycles. The van der Waals surface area contributed by atoms with E-state index in [1.54, 1.807) is 11.3 Å². The zero-order chi connectivity index (χ0) is 9.97. The van der Waals surface area contributed by atoms with Gasteiger partial charge in [-0.15, -0.1) is 11.3 Å². The van der Waals surface area contributed by atoms with Crippen molar-refractivity contribution in [2.45, 2.75) is 25.9 Å². The van der Waals surface area contributed by atoms with E-state index in [2.05, 4.69) is 6.07 Å². The average molecular weight is 212 g/mol. The number of ether oxygens (including phenoxy) is 1. The minimum absolute atomic E-state index is 0.222. The Morgan fingerprint density at radius 1 is 1.64 bits per heavy atom. The zero-order valence-corrected chi connectivity index (χ0v) is 8.60. The molecule has 0 aromatic carbocycles. The Balaban J connectivity index is 2.04. The van der Waals surface area contributed by atoms with Gasteiger partial charge in [0.1, 0.15) is 0 Å². The summed E-state index contributed by atoms with van der Waals surface area (Å²) in [7, 11) is 0. The number of carboxylic acids is 1. The third-order valence-electron chi connectivity index (χ3n) is 2.26. The summed E-state index contributed by atoms with van der Waals surface area (Å²) in [6, 6.07) is 2.09. The first-order valence-electron chi connectivity index (χ1n) is 4.65. The van der Waals surface area contributed by atoms with Crippen molar-refractivity contribution in [1.82, 2.24) is 0 Å². The first-order valence-corrected chi connectivity index (χ1v) is 5.47. The van der Waals surface area contributed by atoms with Gasteiger partial charge in [-0.25, -0.2) is 0 Å². The fourth-order valence-corrected chi connectivity index (χ4v) is 2.72. The topological polar surface area (TPSA) is 46.5 Å². The lowest BCUT2D eigenvalue weighted by atomic mass is 10.1. The molecule has 0 saturated heterocycles. The maximum Gasteiger partial charge on any atom is 0.303 e. The van der Waals surface area contributed by atoms with Crippen LogP contribution in [0.15, 0.2) is 6.07 Å². The third-order valence-corrected chi connectivity index (χ3v) is 3.56. The van der Waals surface area contributed by atoms with E-state index >= 15 is 0 Å². The number of fused-ring (bicyclic) bond motifs is 1. The Kier molecular flexibility index (Phi) is 2.84. The third kappa shape index (κ3) is 2.13. The van der Waals surface area contributed by atoms with Gasteiger partial charge in [-0.3, -0.25) is 4.79 Å². The van der Waals surface area contributed by atoms with Crippen molar-refractivity contribution in [2.24, 2.45) is 0 Å². The lowest BCUT2D eigenvalue weighted by Gasteiger charge is -2.10. The highest BCUT2D eigenvalue weighted by Gasteiger charge is 2.13. The summed E-state index contributed by atoms with van der Waals surface area (Å²) in [6.45, 7) is 1.49. The number of carboxylic acid groups (broad SMARTS) is 1. The van der Waals surface area contributed by atoms with Crippen molar-refractivity contribution in [1.29, 1.82) is 0 Å². The van der Waals surface area contributed by atoms with E-state index in [9.17, 15) is 4.79 Å². The number of hydrogen-bond donors (Lipinski definition) is 1. The molecule has 1 aliphatic heterocycles. The number of rotatable bonds is 3. The molecule has 14 heavy (non-hydrogen) atoms. The van der Waals surface area contributed by atoms with Crippen molar-refractivity contribution in [3.05, 3.63) is 21.4 Å². The Labute approximate surface area is 86.3 Å². The molecule has 0 atom stereocenters. The van der Waals surface area contributed by atoms with Gasteiger partial charge in [0.15, 0.2) is 0 Å². The van der Waals surface area contributed by atoms with E-state index in [4.69, 9.17) is 9.84 Å². The number of thiophene rings is 1. The number of carbonyl (C=O) groups is 1. The standard InChI is InChI=1S/C10H12O3S/c11-10(12)2-1-8-5-7-6-13-4-3-9(7)14-8/h5H,1-4,6H2,(H,11,12). The van der Waals surface area contributed by atoms with Gasteiger partial charge in [0, 0.05) is 16.2 Å². The molecule has 1 aromatic heterocycles. The lowest BCUT2D eigenvalue weighted by molar-refractivity contribution is -0.136. The van der Waals surface area contributed by atoms with Crippen LogP contribution >= 0.6 is 11.3 Å². The van der Waals surface area contributed by atoms with Crippen LogP contribution in [-0.2, 0) is 29.0 Å². The number of hydrogen-bond acceptors (Lipinski definition) is 3. The SMILES string of the molecule is O=C(O)CCc1cc2c(s1)CCOC2.